The van der Waals surface area contributed by atoms with Gasteiger partial charge in [0.05, 0.1) is 11.8 Å². The van der Waals surface area contributed by atoms with Gasteiger partial charge in [0.25, 0.3) is 0 Å². The van der Waals surface area contributed by atoms with E-state index in [1.54, 1.807) is 6.26 Å². The van der Waals surface area contributed by atoms with Crippen LogP contribution in [0.15, 0.2) is 64.1 Å². The fourth-order valence-corrected chi connectivity index (χ4v) is 3.97. The summed E-state index contributed by atoms with van der Waals surface area (Å²) in [6.07, 6.45) is 5.96. The van der Waals surface area contributed by atoms with Crippen LogP contribution in [0.25, 0.3) is 0 Å². The van der Waals surface area contributed by atoms with Gasteiger partial charge in [0.2, 0.25) is 0 Å². The first-order valence-electron chi connectivity index (χ1n) is 8.63. The zero-order chi connectivity index (χ0) is 18.1. The molecule has 1 atom stereocenters. The summed E-state index contributed by atoms with van der Waals surface area (Å²) in [6.45, 7) is 0. The van der Waals surface area contributed by atoms with Crippen molar-refractivity contribution in [2.75, 3.05) is 6.26 Å². The van der Waals surface area contributed by atoms with Crippen LogP contribution in [0.2, 0.25) is 0 Å². The highest BCUT2D eigenvalue weighted by atomic mass is 32.2. The van der Waals surface area contributed by atoms with Gasteiger partial charge in [-0.05, 0) is 41.7 Å². The lowest BCUT2D eigenvalue weighted by Crippen LogP contribution is -2.05. The first-order valence-corrected chi connectivity index (χ1v) is 10.2. The van der Waals surface area contributed by atoms with Gasteiger partial charge in [-0.2, -0.15) is 0 Å². The third kappa shape index (κ3) is 3.45. The van der Waals surface area contributed by atoms with Crippen molar-refractivity contribution in [2.24, 2.45) is 0 Å². The standard InChI is InChI=1S/C21H19NO3S/c1-26(24)19-8-3-2-6-16(19)11-14-5-4-7-17(12-14)20(23)18-13-22-25-21(18)15-9-10-15/h2-8,12-13,15H,9-11H2,1H3. The van der Waals surface area contributed by atoms with E-state index in [2.05, 4.69) is 5.16 Å². The van der Waals surface area contributed by atoms with Crippen LogP contribution in [-0.4, -0.2) is 21.7 Å². The Balaban J connectivity index is 1.61. The summed E-state index contributed by atoms with van der Waals surface area (Å²) < 4.78 is 17.2. The second-order valence-electron chi connectivity index (χ2n) is 6.65. The highest BCUT2D eigenvalue weighted by molar-refractivity contribution is 7.90. The van der Waals surface area contributed by atoms with E-state index in [9.17, 15) is 9.35 Å². The van der Waals surface area contributed by atoms with Gasteiger partial charge < -0.3 is 9.08 Å². The number of carbonyl (C=O) groups excluding carboxylic acids is 1. The van der Waals surface area contributed by atoms with E-state index in [0.29, 0.717) is 29.2 Å². The molecule has 2 aromatic carbocycles. The van der Waals surface area contributed by atoms with E-state index in [1.165, 1.54) is 6.20 Å². The van der Waals surface area contributed by atoms with Crippen molar-refractivity contribution in [1.82, 2.24) is 5.16 Å². The lowest BCUT2D eigenvalue weighted by atomic mass is 9.98. The summed E-state index contributed by atoms with van der Waals surface area (Å²) >= 11 is -1.04. The molecule has 0 aliphatic heterocycles. The van der Waals surface area contributed by atoms with E-state index in [1.807, 2.05) is 48.5 Å². The summed E-state index contributed by atoms with van der Waals surface area (Å²) in [7, 11) is 0. The third-order valence-corrected chi connectivity index (χ3v) is 5.67. The number of aromatic nitrogens is 1. The molecule has 0 amide bonds. The zero-order valence-corrected chi connectivity index (χ0v) is 15.3. The molecule has 1 aliphatic rings. The van der Waals surface area contributed by atoms with Crippen LogP contribution in [0.4, 0.5) is 0 Å². The van der Waals surface area contributed by atoms with Crippen LogP contribution < -0.4 is 0 Å². The summed E-state index contributed by atoms with van der Waals surface area (Å²) in [6, 6.07) is 15.3. The van der Waals surface area contributed by atoms with Crippen LogP contribution >= 0.6 is 0 Å². The molecular weight excluding hydrogens is 346 g/mol. The normalized spacial score (nSPS) is 15.0. The largest absolute Gasteiger partial charge is 0.612 e. The average Bonchev–Trinajstić information content (AvgIpc) is 3.38. The molecule has 26 heavy (non-hydrogen) atoms. The second-order valence-corrected chi connectivity index (χ2v) is 7.99. The Kier molecular flexibility index (Phi) is 4.66. The smallest absolute Gasteiger partial charge is 0.198 e. The van der Waals surface area contributed by atoms with Gasteiger partial charge in [0.15, 0.2) is 16.4 Å². The fraction of sp³-hybridized carbons (Fsp3) is 0.238. The molecule has 1 aromatic heterocycles. The van der Waals surface area contributed by atoms with Crippen LogP contribution in [0, 0.1) is 0 Å². The van der Waals surface area contributed by atoms with Gasteiger partial charge in [-0.15, -0.1) is 0 Å². The minimum absolute atomic E-state index is 0.0534. The van der Waals surface area contributed by atoms with Crippen LogP contribution in [-0.2, 0) is 17.6 Å². The Hall–Kier alpha value is -2.37. The zero-order valence-electron chi connectivity index (χ0n) is 14.5. The fourth-order valence-electron chi connectivity index (χ4n) is 3.19. The molecule has 1 fully saturated rings. The Morgan fingerprint density at radius 1 is 1.23 bits per heavy atom. The summed E-state index contributed by atoms with van der Waals surface area (Å²) in [5.74, 6) is 1.00. The van der Waals surface area contributed by atoms with E-state index in [4.69, 9.17) is 4.52 Å². The Morgan fingerprint density at radius 2 is 2.04 bits per heavy atom. The van der Waals surface area contributed by atoms with E-state index in [-0.39, 0.29) is 5.78 Å². The highest BCUT2D eigenvalue weighted by Gasteiger charge is 2.32. The minimum atomic E-state index is -1.04. The van der Waals surface area contributed by atoms with Gasteiger partial charge >= 0.3 is 0 Å². The van der Waals surface area contributed by atoms with Gasteiger partial charge in [-0.3, -0.25) is 4.79 Å². The van der Waals surface area contributed by atoms with Crippen molar-refractivity contribution in [3.05, 3.63) is 82.7 Å². The molecule has 1 saturated carbocycles. The number of benzene rings is 2. The maximum atomic E-state index is 12.9. The molecule has 0 spiro atoms. The molecule has 4 rings (SSSR count). The Morgan fingerprint density at radius 3 is 2.81 bits per heavy atom. The van der Waals surface area contributed by atoms with Gasteiger partial charge in [-0.25, -0.2) is 0 Å². The molecule has 1 aliphatic carbocycles. The predicted molar refractivity (Wildman–Crippen MR) is 99.9 cm³/mol. The van der Waals surface area contributed by atoms with Gasteiger partial charge in [-0.1, -0.05) is 41.6 Å². The number of hydrogen-bond donors (Lipinski definition) is 0. The summed E-state index contributed by atoms with van der Waals surface area (Å²) in [5.41, 5.74) is 3.22. The van der Waals surface area contributed by atoms with Crippen LogP contribution in [0.1, 0.15) is 51.6 Å². The Bertz CT molecular complexity index is 944. The maximum absolute atomic E-state index is 12.9. The lowest BCUT2D eigenvalue weighted by Gasteiger charge is -2.11. The lowest BCUT2D eigenvalue weighted by molar-refractivity contribution is 0.103. The summed E-state index contributed by atoms with van der Waals surface area (Å²) in [5, 5.41) is 3.82. The van der Waals surface area contributed by atoms with Crippen molar-refractivity contribution in [1.29, 1.82) is 0 Å². The monoisotopic (exact) mass is 365 g/mol. The quantitative estimate of drug-likeness (QED) is 0.487. The molecule has 1 unspecified atom stereocenters. The van der Waals surface area contributed by atoms with Crippen molar-refractivity contribution in [3.8, 4) is 0 Å². The first kappa shape index (κ1) is 17.1. The number of rotatable bonds is 6. The predicted octanol–water partition coefficient (Wildman–Crippen LogP) is 4.11. The molecule has 0 bridgehead atoms. The van der Waals surface area contributed by atoms with Crippen molar-refractivity contribution in [2.45, 2.75) is 30.1 Å². The highest BCUT2D eigenvalue weighted by Crippen LogP contribution is 2.42. The second kappa shape index (κ2) is 7.09. The van der Waals surface area contributed by atoms with E-state index in [0.717, 1.165) is 28.9 Å². The third-order valence-electron chi connectivity index (χ3n) is 4.66. The topological polar surface area (TPSA) is 66.2 Å². The van der Waals surface area contributed by atoms with E-state index < -0.39 is 11.2 Å². The number of nitrogens with zero attached hydrogens (tertiary/aromatic N) is 1. The molecular formula is C21H19NO3S. The van der Waals surface area contributed by atoms with Crippen LogP contribution in [0.5, 0.6) is 0 Å². The molecule has 132 valence electrons. The SMILES string of the molecule is C[S+]([O-])c1ccccc1Cc1cccc(C(=O)c2cnoc2C2CC2)c1. The van der Waals surface area contributed by atoms with Crippen molar-refractivity contribution < 1.29 is 13.9 Å². The van der Waals surface area contributed by atoms with Crippen molar-refractivity contribution >= 4 is 17.0 Å². The molecule has 0 saturated heterocycles. The molecule has 0 radical (unpaired) electrons. The van der Waals surface area contributed by atoms with Crippen LogP contribution in [0.3, 0.4) is 0 Å². The molecule has 4 nitrogen and oxygen atoms in total. The molecule has 1 heterocycles. The van der Waals surface area contributed by atoms with E-state index >= 15 is 0 Å². The number of hydrogen-bond acceptors (Lipinski definition) is 4. The molecule has 3 aromatic rings. The van der Waals surface area contributed by atoms with Crippen molar-refractivity contribution in [3.63, 3.8) is 0 Å². The van der Waals surface area contributed by atoms with Gasteiger partial charge in [0.1, 0.15) is 6.26 Å². The average molecular weight is 365 g/mol. The summed E-state index contributed by atoms with van der Waals surface area (Å²) in [4.78, 5) is 13.7. The Labute approximate surface area is 155 Å². The number of ketones is 1. The van der Waals surface area contributed by atoms with Gasteiger partial charge in [0, 0.05) is 23.5 Å². The number of carbonyl (C=O) groups is 1. The maximum Gasteiger partial charge on any atom is 0.198 e. The minimum Gasteiger partial charge on any atom is -0.612 e. The molecule has 5 heteroatoms. The first-order chi connectivity index (χ1) is 12.6. The molecule has 0 N–H and O–H groups in total.